The summed E-state index contributed by atoms with van der Waals surface area (Å²) in [6.07, 6.45) is 1.05. The van der Waals surface area contributed by atoms with Crippen LogP contribution in [-0.4, -0.2) is 23.0 Å². The average molecular weight is 229 g/mol. The van der Waals surface area contributed by atoms with Gasteiger partial charge in [0.25, 0.3) is 0 Å². The molecule has 1 N–H and O–H groups in total. The molecule has 0 aromatic carbocycles. The molecule has 0 spiro atoms. The highest BCUT2D eigenvalue weighted by Crippen LogP contribution is 2.51. The highest BCUT2D eigenvalue weighted by molar-refractivity contribution is 8.00. The standard InChI is InChI=1S/C12H23NOS/c1-11(2,3)15-7-6-13-10(14)9-8-12(9,4)5/h9H,6-8H2,1-5H3,(H,13,14). The zero-order valence-electron chi connectivity index (χ0n) is 10.5. The van der Waals surface area contributed by atoms with Crippen LogP contribution < -0.4 is 5.32 Å². The monoisotopic (exact) mass is 229 g/mol. The second-order valence-corrected chi connectivity index (χ2v) is 7.92. The lowest BCUT2D eigenvalue weighted by Crippen LogP contribution is -2.29. The van der Waals surface area contributed by atoms with Gasteiger partial charge in [-0.2, -0.15) is 11.8 Å². The molecule has 1 amide bonds. The quantitative estimate of drug-likeness (QED) is 0.751. The molecule has 1 aliphatic carbocycles. The van der Waals surface area contributed by atoms with E-state index in [-0.39, 0.29) is 17.2 Å². The van der Waals surface area contributed by atoms with Crippen molar-refractivity contribution in [2.45, 2.75) is 45.8 Å². The molecule has 3 heteroatoms. The van der Waals surface area contributed by atoms with Gasteiger partial charge in [-0.1, -0.05) is 34.6 Å². The van der Waals surface area contributed by atoms with Gasteiger partial charge in [-0.15, -0.1) is 0 Å². The molecule has 0 heterocycles. The first-order valence-corrected chi connectivity index (χ1v) is 6.63. The van der Waals surface area contributed by atoms with Crippen LogP contribution in [0.1, 0.15) is 41.0 Å². The summed E-state index contributed by atoms with van der Waals surface area (Å²) in [5, 5.41) is 3.01. The average Bonchev–Trinajstić information content (AvgIpc) is 2.67. The van der Waals surface area contributed by atoms with Crippen molar-refractivity contribution in [3.05, 3.63) is 0 Å². The molecule has 0 bridgehead atoms. The number of thioether (sulfide) groups is 1. The van der Waals surface area contributed by atoms with E-state index in [4.69, 9.17) is 0 Å². The fourth-order valence-electron chi connectivity index (χ4n) is 1.57. The molecule has 88 valence electrons. The first-order valence-electron chi connectivity index (χ1n) is 5.64. The minimum Gasteiger partial charge on any atom is -0.355 e. The third-order valence-electron chi connectivity index (χ3n) is 2.77. The van der Waals surface area contributed by atoms with Crippen molar-refractivity contribution in [3.8, 4) is 0 Å². The maximum absolute atomic E-state index is 11.6. The third kappa shape index (κ3) is 4.45. The minimum absolute atomic E-state index is 0.245. The Bertz CT molecular complexity index is 242. The van der Waals surface area contributed by atoms with E-state index in [1.807, 2.05) is 11.8 Å². The number of carbonyl (C=O) groups is 1. The topological polar surface area (TPSA) is 29.1 Å². The third-order valence-corrected chi connectivity index (χ3v) is 4.04. The van der Waals surface area contributed by atoms with Crippen molar-refractivity contribution in [1.29, 1.82) is 0 Å². The maximum Gasteiger partial charge on any atom is 0.223 e. The van der Waals surface area contributed by atoms with E-state index in [1.54, 1.807) is 0 Å². The Balaban J connectivity index is 2.09. The second kappa shape index (κ2) is 4.36. The largest absolute Gasteiger partial charge is 0.355 e. The molecule has 0 saturated heterocycles. The molecule has 0 aromatic rings. The first-order chi connectivity index (χ1) is 6.72. The summed E-state index contributed by atoms with van der Waals surface area (Å²) in [5.74, 6) is 1.51. The fourth-order valence-corrected chi connectivity index (χ4v) is 2.39. The van der Waals surface area contributed by atoms with Crippen LogP contribution in [0.25, 0.3) is 0 Å². The van der Waals surface area contributed by atoms with Crippen molar-refractivity contribution in [3.63, 3.8) is 0 Å². The number of hydrogen-bond acceptors (Lipinski definition) is 2. The molecular formula is C12H23NOS. The van der Waals surface area contributed by atoms with Crippen LogP contribution >= 0.6 is 11.8 Å². The van der Waals surface area contributed by atoms with Gasteiger partial charge in [0.15, 0.2) is 0 Å². The van der Waals surface area contributed by atoms with Crippen LogP contribution in [0.15, 0.2) is 0 Å². The highest BCUT2D eigenvalue weighted by Gasteiger charge is 2.50. The lowest BCUT2D eigenvalue weighted by atomic mass is 10.1. The van der Waals surface area contributed by atoms with Gasteiger partial charge in [0, 0.05) is 23.0 Å². The van der Waals surface area contributed by atoms with Gasteiger partial charge in [-0.3, -0.25) is 4.79 Å². The van der Waals surface area contributed by atoms with E-state index in [1.165, 1.54) is 0 Å². The Hall–Kier alpha value is -0.180. The zero-order valence-corrected chi connectivity index (χ0v) is 11.3. The molecule has 1 unspecified atom stereocenters. The van der Waals surface area contributed by atoms with Crippen molar-refractivity contribution >= 4 is 17.7 Å². The molecule has 0 aliphatic heterocycles. The number of carbonyl (C=O) groups excluding carboxylic acids is 1. The Morgan fingerprint density at radius 3 is 2.40 bits per heavy atom. The van der Waals surface area contributed by atoms with E-state index in [0.717, 1.165) is 18.7 Å². The van der Waals surface area contributed by atoms with Gasteiger partial charge >= 0.3 is 0 Å². The molecule has 1 saturated carbocycles. The molecular weight excluding hydrogens is 206 g/mol. The highest BCUT2D eigenvalue weighted by atomic mass is 32.2. The van der Waals surface area contributed by atoms with E-state index in [0.29, 0.717) is 4.75 Å². The predicted molar refractivity (Wildman–Crippen MR) is 67.1 cm³/mol. The van der Waals surface area contributed by atoms with Crippen LogP contribution in [0.4, 0.5) is 0 Å². The Kier molecular flexibility index (Phi) is 3.75. The normalized spacial score (nSPS) is 23.7. The molecule has 15 heavy (non-hydrogen) atoms. The van der Waals surface area contributed by atoms with E-state index < -0.39 is 0 Å². The zero-order chi connectivity index (χ0) is 11.7. The van der Waals surface area contributed by atoms with Gasteiger partial charge in [0.05, 0.1) is 0 Å². The Morgan fingerprint density at radius 1 is 1.47 bits per heavy atom. The second-order valence-electron chi connectivity index (χ2n) is 6.00. The van der Waals surface area contributed by atoms with Crippen LogP contribution in [0.3, 0.4) is 0 Å². The van der Waals surface area contributed by atoms with E-state index in [2.05, 4.69) is 39.9 Å². The molecule has 1 fully saturated rings. The summed E-state index contributed by atoms with van der Waals surface area (Å²) < 4.78 is 0.295. The molecule has 0 aromatic heterocycles. The van der Waals surface area contributed by atoms with Crippen LogP contribution in [-0.2, 0) is 4.79 Å². The van der Waals surface area contributed by atoms with Gasteiger partial charge in [-0.05, 0) is 11.8 Å². The maximum atomic E-state index is 11.6. The van der Waals surface area contributed by atoms with E-state index in [9.17, 15) is 4.79 Å². The molecule has 1 atom stereocenters. The number of nitrogens with one attached hydrogen (secondary N) is 1. The summed E-state index contributed by atoms with van der Waals surface area (Å²) in [6.45, 7) is 11.7. The minimum atomic E-state index is 0.245. The van der Waals surface area contributed by atoms with Gasteiger partial charge in [-0.25, -0.2) is 0 Å². The van der Waals surface area contributed by atoms with Crippen LogP contribution in [0.5, 0.6) is 0 Å². The number of amides is 1. The van der Waals surface area contributed by atoms with Crippen molar-refractivity contribution in [1.82, 2.24) is 5.32 Å². The Morgan fingerprint density at radius 2 is 2.00 bits per heavy atom. The fraction of sp³-hybridized carbons (Fsp3) is 0.917. The molecule has 1 aliphatic rings. The first kappa shape index (κ1) is 12.9. The number of hydrogen-bond donors (Lipinski definition) is 1. The van der Waals surface area contributed by atoms with Crippen molar-refractivity contribution in [2.75, 3.05) is 12.3 Å². The number of rotatable bonds is 4. The van der Waals surface area contributed by atoms with Gasteiger partial charge < -0.3 is 5.32 Å². The van der Waals surface area contributed by atoms with Crippen molar-refractivity contribution in [2.24, 2.45) is 11.3 Å². The Labute approximate surface area is 97.6 Å². The molecule has 2 nitrogen and oxygen atoms in total. The molecule has 0 radical (unpaired) electrons. The van der Waals surface area contributed by atoms with E-state index >= 15 is 0 Å². The summed E-state index contributed by atoms with van der Waals surface area (Å²) in [6, 6.07) is 0. The van der Waals surface area contributed by atoms with Gasteiger partial charge in [0.2, 0.25) is 5.91 Å². The van der Waals surface area contributed by atoms with Crippen molar-refractivity contribution < 1.29 is 4.79 Å². The lowest BCUT2D eigenvalue weighted by molar-refractivity contribution is -0.122. The SMILES string of the molecule is CC(C)(C)SCCNC(=O)C1CC1(C)C. The smallest absolute Gasteiger partial charge is 0.223 e. The summed E-state index contributed by atoms with van der Waals surface area (Å²) in [4.78, 5) is 11.6. The lowest BCUT2D eigenvalue weighted by Gasteiger charge is -2.17. The summed E-state index contributed by atoms with van der Waals surface area (Å²) in [7, 11) is 0. The van der Waals surface area contributed by atoms with Crippen LogP contribution in [0, 0.1) is 11.3 Å². The predicted octanol–water partition coefficient (Wildman–Crippen LogP) is 2.68. The van der Waals surface area contributed by atoms with Gasteiger partial charge in [0.1, 0.15) is 0 Å². The van der Waals surface area contributed by atoms with Crippen LogP contribution in [0.2, 0.25) is 0 Å². The summed E-state index contributed by atoms with van der Waals surface area (Å²) in [5.41, 5.74) is 0.251. The summed E-state index contributed by atoms with van der Waals surface area (Å²) >= 11 is 1.89. The molecule has 1 rings (SSSR count).